The van der Waals surface area contributed by atoms with Gasteiger partial charge in [0, 0.05) is 23.2 Å². The summed E-state index contributed by atoms with van der Waals surface area (Å²) in [5.74, 6) is 0.867. The van der Waals surface area contributed by atoms with E-state index in [0.29, 0.717) is 27.5 Å². The van der Waals surface area contributed by atoms with E-state index in [4.69, 9.17) is 16.6 Å². The first kappa shape index (κ1) is 22.4. The van der Waals surface area contributed by atoms with Gasteiger partial charge < -0.3 is 5.32 Å². The van der Waals surface area contributed by atoms with Crippen LogP contribution in [0, 0.1) is 0 Å². The van der Waals surface area contributed by atoms with Gasteiger partial charge in [-0.3, -0.25) is 14.2 Å². The molecule has 0 saturated heterocycles. The van der Waals surface area contributed by atoms with E-state index in [1.165, 1.54) is 11.8 Å². The summed E-state index contributed by atoms with van der Waals surface area (Å²) in [6.45, 7) is 4.06. The number of rotatable bonds is 9. The summed E-state index contributed by atoms with van der Waals surface area (Å²) in [5.41, 5.74) is 1.32. The number of hydrogen-bond acceptors (Lipinski definition) is 4. The second-order valence-electron chi connectivity index (χ2n) is 7.21. The van der Waals surface area contributed by atoms with Crippen molar-refractivity contribution in [2.75, 3.05) is 5.75 Å². The van der Waals surface area contributed by atoms with E-state index in [2.05, 4.69) is 12.2 Å². The third kappa shape index (κ3) is 5.64. The Kier molecular flexibility index (Phi) is 7.94. The molecule has 3 aromatic rings. The lowest BCUT2D eigenvalue weighted by Crippen LogP contribution is -2.31. The van der Waals surface area contributed by atoms with Gasteiger partial charge >= 0.3 is 0 Å². The first-order chi connectivity index (χ1) is 14.5. The average molecular weight is 444 g/mol. The summed E-state index contributed by atoms with van der Waals surface area (Å²) < 4.78 is 1.64. The Hall–Kier alpha value is -2.31. The molecule has 1 heterocycles. The molecule has 1 amide bonds. The summed E-state index contributed by atoms with van der Waals surface area (Å²) in [7, 11) is 0. The smallest absolute Gasteiger partial charge is 0.266 e. The lowest BCUT2D eigenvalue weighted by molar-refractivity contribution is -0.121. The molecule has 0 spiro atoms. The number of aromatic nitrogens is 2. The van der Waals surface area contributed by atoms with E-state index in [1.807, 2.05) is 37.3 Å². The molecular weight excluding hydrogens is 418 g/mol. The van der Waals surface area contributed by atoms with Crippen molar-refractivity contribution in [1.82, 2.24) is 14.9 Å². The molecule has 2 aromatic carbocycles. The van der Waals surface area contributed by atoms with Gasteiger partial charge in [-0.25, -0.2) is 4.98 Å². The maximum atomic E-state index is 13.2. The molecule has 1 atom stereocenters. The number of halogens is 1. The van der Waals surface area contributed by atoms with Crippen LogP contribution in [0.3, 0.4) is 0 Å². The van der Waals surface area contributed by atoms with E-state index >= 15 is 0 Å². The van der Waals surface area contributed by atoms with Crippen molar-refractivity contribution in [2.45, 2.75) is 50.7 Å². The molecule has 30 heavy (non-hydrogen) atoms. The Morgan fingerprint density at radius 3 is 2.63 bits per heavy atom. The fourth-order valence-electron chi connectivity index (χ4n) is 3.03. The molecule has 0 fully saturated rings. The van der Waals surface area contributed by atoms with Crippen LogP contribution in [0.5, 0.6) is 0 Å². The first-order valence-electron chi connectivity index (χ1n) is 10.2. The number of amides is 1. The number of nitrogens with one attached hydrogen (secondary N) is 1. The number of hydrogen-bond donors (Lipinski definition) is 1. The van der Waals surface area contributed by atoms with Crippen LogP contribution in [0.4, 0.5) is 0 Å². The van der Waals surface area contributed by atoms with E-state index in [9.17, 15) is 9.59 Å². The largest absolute Gasteiger partial charge is 0.354 e. The molecule has 158 valence electrons. The van der Waals surface area contributed by atoms with Crippen molar-refractivity contribution in [3.8, 4) is 5.69 Å². The number of nitrogens with zero attached hydrogens (tertiary/aromatic N) is 2. The topological polar surface area (TPSA) is 64.0 Å². The predicted octanol–water partition coefficient (Wildman–Crippen LogP) is 5.22. The zero-order valence-electron chi connectivity index (χ0n) is 17.2. The third-order valence-electron chi connectivity index (χ3n) is 4.88. The van der Waals surface area contributed by atoms with E-state index in [1.54, 1.807) is 22.8 Å². The number of unbranched alkanes of at least 4 members (excludes halogenated alkanes) is 1. The van der Waals surface area contributed by atoms with Crippen LogP contribution in [0.15, 0.2) is 58.5 Å². The van der Waals surface area contributed by atoms with E-state index in [-0.39, 0.29) is 17.5 Å². The zero-order chi connectivity index (χ0) is 21.5. The minimum atomic E-state index is -0.0987. The van der Waals surface area contributed by atoms with Gasteiger partial charge in [-0.15, -0.1) is 0 Å². The number of carbonyl (C=O) groups is 1. The maximum absolute atomic E-state index is 13.2. The average Bonchev–Trinajstić information content (AvgIpc) is 2.74. The Morgan fingerprint density at radius 2 is 1.90 bits per heavy atom. The summed E-state index contributed by atoms with van der Waals surface area (Å²) in [6, 6.07) is 14.8. The van der Waals surface area contributed by atoms with Crippen molar-refractivity contribution in [3.05, 3.63) is 63.9 Å². The highest BCUT2D eigenvalue weighted by molar-refractivity contribution is 7.99. The normalized spacial score (nSPS) is 12.1. The summed E-state index contributed by atoms with van der Waals surface area (Å²) in [6.07, 6.45) is 3.10. The predicted molar refractivity (Wildman–Crippen MR) is 125 cm³/mol. The molecular formula is C23H26ClN3O2S. The van der Waals surface area contributed by atoms with Crippen LogP contribution >= 0.6 is 23.4 Å². The molecule has 0 radical (unpaired) electrons. The van der Waals surface area contributed by atoms with Gasteiger partial charge in [0.2, 0.25) is 5.91 Å². The molecule has 0 aliphatic carbocycles. The van der Waals surface area contributed by atoms with Crippen molar-refractivity contribution < 1.29 is 4.79 Å². The van der Waals surface area contributed by atoms with Crippen LogP contribution in [0.25, 0.3) is 16.6 Å². The second kappa shape index (κ2) is 10.6. The van der Waals surface area contributed by atoms with Crippen LogP contribution in [-0.2, 0) is 4.79 Å². The first-order valence-corrected chi connectivity index (χ1v) is 11.6. The van der Waals surface area contributed by atoms with Crippen LogP contribution in [-0.4, -0.2) is 27.3 Å². The summed E-state index contributed by atoms with van der Waals surface area (Å²) in [5, 5.41) is 4.83. The molecule has 1 unspecified atom stereocenters. The second-order valence-corrected chi connectivity index (χ2v) is 8.71. The maximum Gasteiger partial charge on any atom is 0.266 e. The SMILES string of the molecule is CCC(C)NC(=O)CCCCSc1nc2ccccc2c(=O)n1-c1ccc(Cl)cc1. The van der Waals surface area contributed by atoms with Gasteiger partial charge in [-0.2, -0.15) is 0 Å². The number of fused-ring (bicyclic) bond motifs is 1. The highest BCUT2D eigenvalue weighted by Crippen LogP contribution is 2.23. The van der Waals surface area contributed by atoms with Gasteiger partial charge in [0.25, 0.3) is 5.56 Å². The van der Waals surface area contributed by atoms with Gasteiger partial charge in [0.1, 0.15) is 0 Å². The molecule has 7 heteroatoms. The van der Waals surface area contributed by atoms with Crippen molar-refractivity contribution in [3.63, 3.8) is 0 Å². The monoisotopic (exact) mass is 443 g/mol. The lowest BCUT2D eigenvalue weighted by atomic mass is 10.2. The van der Waals surface area contributed by atoms with Gasteiger partial charge in [0.05, 0.1) is 16.6 Å². The van der Waals surface area contributed by atoms with E-state index < -0.39 is 0 Å². The minimum absolute atomic E-state index is 0.0938. The summed E-state index contributed by atoms with van der Waals surface area (Å²) >= 11 is 7.55. The van der Waals surface area contributed by atoms with Gasteiger partial charge in [0.15, 0.2) is 5.16 Å². The standard InChI is InChI=1S/C23H26ClN3O2S/c1-3-16(2)25-21(28)10-6-7-15-30-23-26-20-9-5-4-8-19(20)22(29)27(23)18-13-11-17(24)12-14-18/h4-5,8-9,11-14,16H,3,6-7,10,15H2,1-2H3,(H,25,28). The van der Waals surface area contributed by atoms with Crippen molar-refractivity contribution in [2.24, 2.45) is 0 Å². The Labute approximate surface area is 185 Å². The zero-order valence-corrected chi connectivity index (χ0v) is 18.8. The lowest BCUT2D eigenvalue weighted by Gasteiger charge is -2.13. The fourth-order valence-corrected chi connectivity index (χ4v) is 4.16. The van der Waals surface area contributed by atoms with Gasteiger partial charge in [-0.05, 0) is 62.6 Å². The highest BCUT2D eigenvalue weighted by Gasteiger charge is 2.13. The molecule has 0 aliphatic rings. The van der Waals surface area contributed by atoms with Crippen LogP contribution in [0.1, 0.15) is 39.5 Å². The number of thioether (sulfide) groups is 1. The van der Waals surface area contributed by atoms with Gasteiger partial charge in [-0.1, -0.05) is 42.4 Å². The fraction of sp³-hybridized carbons (Fsp3) is 0.348. The molecule has 1 aromatic heterocycles. The third-order valence-corrected chi connectivity index (χ3v) is 6.16. The number of benzene rings is 2. The molecule has 0 bridgehead atoms. The van der Waals surface area contributed by atoms with Crippen molar-refractivity contribution in [1.29, 1.82) is 0 Å². The molecule has 5 nitrogen and oxygen atoms in total. The number of carbonyl (C=O) groups excluding carboxylic acids is 1. The Bertz CT molecular complexity index is 1070. The molecule has 3 rings (SSSR count). The summed E-state index contributed by atoms with van der Waals surface area (Å²) in [4.78, 5) is 29.8. The Balaban J connectivity index is 1.74. The quantitative estimate of drug-likeness (QED) is 0.280. The minimum Gasteiger partial charge on any atom is -0.354 e. The molecule has 1 N–H and O–H groups in total. The number of para-hydroxylation sites is 1. The highest BCUT2D eigenvalue weighted by atomic mass is 35.5. The Morgan fingerprint density at radius 1 is 1.17 bits per heavy atom. The van der Waals surface area contributed by atoms with Crippen molar-refractivity contribution >= 4 is 40.2 Å². The molecule has 0 aliphatic heterocycles. The van der Waals surface area contributed by atoms with E-state index in [0.717, 1.165) is 30.7 Å². The van der Waals surface area contributed by atoms with Crippen LogP contribution in [0.2, 0.25) is 5.02 Å². The van der Waals surface area contributed by atoms with Crippen LogP contribution < -0.4 is 10.9 Å². The molecule has 0 saturated carbocycles.